The van der Waals surface area contributed by atoms with Gasteiger partial charge in [0.15, 0.2) is 23.9 Å². The number of benzene rings is 2. The number of rotatable bonds is 7. The van der Waals surface area contributed by atoms with Crippen LogP contribution >= 0.6 is 0 Å². The minimum Gasteiger partial charge on any atom is -0.486 e. The van der Waals surface area contributed by atoms with Crippen LogP contribution in [0.4, 0.5) is 5.69 Å². The third-order valence-electron chi connectivity index (χ3n) is 3.84. The Morgan fingerprint density at radius 3 is 2.44 bits per heavy atom. The topological polar surface area (TPSA) is 90.9 Å². The number of nitrogens with one attached hydrogen (secondary N) is 1. The van der Waals surface area contributed by atoms with Crippen molar-refractivity contribution in [2.45, 2.75) is 12.8 Å². The van der Waals surface area contributed by atoms with Crippen molar-refractivity contribution in [1.29, 1.82) is 0 Å². The summed E-state index contributed by atoms with van der Waals surface area (Å²) in [5.41, 5.74) is 1.06. The summed E-state index contributed by atoms with van der Waals surface area (Å²) >= 11 is 0. The monoisotopic (exact) mass is 369 g/mol. The summed E-state index contributed by atoms with van der Waals surface area (Å²) in [6.07, 6.45) is -0.120. The van der Waals surface area contributed by atoms with Crippen LogP contribution < -0.4 is 14.8 Å². The molecule has 1 amide bonds. The van der Waals surface area contributed by atoms with Crippen molar-refractivity contribution in [2.24, 2.45) is 0 Å². The predicted octanol–water partition coefficient (Wildman–Crippen LogP) is 2.60. The molecule has 0 aliphatic carbocycles. The van der Waals surface area contributed by atoms with Crippen molar-refractivity contribution < 1.29 is 28.6 Å². The Labute approximate surface area is 156 Å². The molecule has 1 aliphatic rings. The Hall–Kier alpha value is -3.35. The normalized spacial score (nSPS) is 12.1. The molecule has 7 heteroatoms. The molecule has 2 aromatic rings. The van der Waals surface area contributed by atoms with Crippen molar-refractivity contribution in [3.05, 3.63) is 54.1 Å². The Kier molecular flexibility index (Phi) is 6.04. The van der Waals surface area contributed by atoms with Crippen LogP contribution in [-0.2, 0) is 14.3 Å². The van der Waals surface area contributed by atoms with E-state index in [1.165, 1.54) is 0 Å². The molecule has 140 valence electrons. The fourth-order valence-corrected chi connectivity index (χ4v) is 2.51. The number of hydrogen-bond donors (Lipinski definition) is 1. The highest BCUT2D eigenvalue weighted by atomic mass is 16.6. The van der Waals surface area contributed by atoms with E-state index in [9.17, 15) is 14.4 Å². The maximum atomic E-state index is 12.2. The van der Waals surface area contributed by atoms with Gasteiger partial charge in [0.1, 0.15) is 13.2 Å². The number of hydrogen-bond acceptors (Lipinski definition) is 6. The zero-order valence-electron chi connectivity index (χ0n) is 14.6. The van der Waals surface area contributed by atoms with Gasteiger partial charge in [-0.25, -0.2) is 0 Å². The van der Waals surface area contributed by atoms with Gasteiger partial charge in [-0.15, -0.1) is 0 Å². The lowest BCUT2D eigenvalue weighted by Crippen LogP contribution is -2.21. The molecule has 0 bridgehead atoms. The van der Waals surface area contributed by atoms with Crippen molar-refractivity contribution >= 4 is 23.3 Å². The smallest absolute Gasteiger partial charge is 0.306 e. The molecule has 0 aromatic heterocycles. The number of fused-ring (bicyclic) bond motifs is 1. The van der Waals surface area contributed by atoms with Crippen LogP contribution in [0.1, 0.15) is 23.2 Å². The third kappa shape index (κ3) is 5.31. The molecular formula is C20H19NO6. The summed E-state index contributed by atoms with van der Waals surface area (Å²) in [7, 11) is 0. The van der Waals surface area contributed by atoms with Gasteiger partial charge < -0.3 is 19.5 Å². The predicted molar refractivity (Wildman–Crippen MR) is 97.0 cm³/mol. The summed E-state index contributed by atoms with van der Waals surface area (Å²) in [6, 6.07) is 13.8. The van der Waals surface area contributed by atoms with Gasteiger partial charge in [0.2, 0.25) is 0 Å². The van der Waals surface area contributed by atoms with Gasteiger partial charge in [0.25, 0.3) is 5.91 Å². The van der Waals surface area contributed by atoms with Gasteiger partial charge in [-0.1, -0.05) is 18.2 Å². The maximum Gasteiger partial charge on any atom is 0.306 e. The molecule has 0 atom stereocenters. The summed E-state index contributed by atoms with van der Waals surface area (Å²) in [5, 5.41) is 2.61. The molecule has 1 heterocycles. The van der Waals surface area contributed by atoms with Crippen LogP contribution in [0.25, 0.3) is 0 Å². The second-order valence-electron chi connectivity index (χ2n) is 5.86. The van der Waals surface area contributed by atoms with E-state index in [1.807, 2.05) is 6.07 Å². The Morgan fingerprint density at radius 1 is 0.926 bits per heavy atom. The second-order valence-corrected chi connectivity index (χ2v) is 5.86. The van der Waals surface area contributed by atoms with Crippen LogP contribution in [0.15, 0.2) is 48.5 Å². The summed E-state index contributed by atoms with van der Waals surface area (Å²) in [6.45, 7) is 0.512. The van der Waals surface area contributed by atoms with Crippen LogP contribution in [0, 0.1) is 0 Å². The highest BCUT2D eigenvalue weighted by Gasteiger charge is 2.16. The molecule has 0 spiro atoms. The van der Waals surface area contributed by atoms with Gasteiger partial charge in [-0.2, -0.15) is 0 Å². The van der Waals surface area contributed by atoms with E-state index >= 15 is 0 Å². The number of carbonyl (C=O) groups excluding carboxylic acids is 3. The maximum absolute atomic E-state index is 12.2. The minimum atomic E-state index is -0.607. The van der Waals surface area contributed by atoms with Crippen molar-refractivity contribution in [3.8, 4) is 11.5 Å². The first kappa shape index (κ1) is 18.4. The Morgan fingerprint density at radius 2 is 1.67 bits per heavy atom. The summed E-state index contributed by atoms with van der Waals surface area (Å²) in [4.78, 5) is 35.7. The molecule has 3 rings (SSSR count). The molecule has 1 aliphatic heterocycles. The largest absolute Gasteiger partial charge is 0.486 e. The molecule has 0 unspecified atom stereocenters. The fourth-order valence-electron chi connectivity index (χ4n) is 2.51. The van der Waals surface area contributed by atoms with E-state index in [2.05, 4.69) is 5.32 Å². The van der Waals surface area contributed by atoms with Gasteiger partial charge in [0.05, 0.1) is 6.42 Å². The second kappa shape index (κ2) is 8.84. The van der Waals surface area contributed by atoms with Crippen molar-refractivity contribution in [2.75, 3.05) is 25.1 Å². The van der Waals surface area contributed by atoms with Crippen LogP contribution in [0.5, 0.6) is 11.5 Å². The minimum absolute atomic E-state index is 0.0151. The highest BCUT2D eigenvalue weighted by Crippen LogP contribution is 2.31. The highest BCUT2D eigenvalue weighted by molar-refractivity contribution is 5.98. The molecule has 0 saturated carbocycles. The zero-order chi connectivity index (χ0) is 19.1. The molecule has 2 aromatic carbocycles. The molecule has 0 fully saturated rings. The zero-order valence-corrected chi connectivity index (χ0v) is 14.6. The third-order valence-corrected chi connectivity index (χ3v) is 3.84. The van der Waals surface area contributed by atoms with Crippen molar-refractivity contribution in [3.63, 3.8) is 0 Å². The molecule has 7 nitrogen and oxygen atoms in total. The van der Waals surface area contributed by atoms with Crippen molar-refractivity contribution in [1.82, 2.24) is 0 Å². The summed E-state index contributed by atoms with van der Waals surface area (Å²) in [5.74, 6) is -0.136. The van der Waals surface area contributed by atoms with E-state index in [1.54, 1.807) is 42.5 Å². The summed E-state index contributed by atoms with van der Waals surface area (Å²) < 4.78 is 15.8. The Bertz CT molecular complexity index is 834. The number of para-hydroxylation sites is 1. The van der Waals surface area contributed by atoms with Gasteiger partial charge in [-0.3, -0.25) is 14.4 Å². The molecular weight excluding hydrogens is 350 g/mol. The van der Waals surface area contributed by atoms with E-state index < -0.39 is 18.5 Å². The molecule has 1 N–H and O–H groups in total. The number of carbonyl (C=O) groups is 3. The average Bonchev–Trinajstić information content (AvgIpc) is 2.71. The number of esters is 1. The lowest BCUT2D eigenvalue weighted by atomic mass is 10.1. The van der Waals surface area contributed by atoms with E-state index in [-0.39, 0.29) is 18.6 Å². The first-order valence-corrected chi connectivity index (χ1v) is 8.55. The Balaban J connectivity index is 1.42. The van der Waals surface area contributed by atoms with E-state index in [0.717, 1.165) is 0 Å². The fraction of sp³-hybridized carbons (Fsp3) is 0.250. The van der Waals surface area contributed by atoms with Gasteiger partial charge >= 0.3 is 5.97 Å². The number of amides is 1. The molecule has 0 saturated heterocycles. The number of ether oxygens (including phenoxy) is 3. The lowest BCUT2D eigenvalue weighted by Gasteiger charge is -2.18. The number of anilines is 1. The van der Waals surface area contributed by atoms with Gasteiger partial charge in [0, 0.05) is 17.7 Å². The number of Topliss-reactive ketones (excluding diaryl/α,β-unsaturated/α-hetero) is 1. The van der Waals surface area contributed by atoms with E-state index in [0.29, 0.717) is 36.0 Å². The standard InChI is InChI=1S/C20H19NO6/c22-16(14-6-8-17-18(12-14)26-11-10-25-17)7-9-20(24)27-13-19(23)21-15-4-2-1-3-5-15/h1-6,8,12H,7,9-11,13H2,(H,21,23). The first-order valence-electron chi connectivity index (χ1n) is 8.55. The lowest BCUT2D eigenvalue weighted by molar-refractivity contribution is -0.147. The number of ketones is 1. The van der Waals surface area contributed by atoms with Crippen LogP contribution in [0.3, 0.4) is 0 Å². The van der Waals surface area contributed by atoms with E-state index in [4.69, 9.17) is 14.2 Å². The SMILES string of the molecule is O=C(COC(=O)CCC(=O)c1ccc2c(c1)OCCO2)Nc1ccccc1. The van der Waals surface area contributed by atoms with Gasteiger partial charge in [-0.05, 0) is 30.3 Å². The molecule has 0 radical (unpaired) electrons. The first-order chi connectivity index (χ1) is 13.1. The van der Waals surface area contributed by atoms with Crippen LogP contribution in [-0.4, -0.2) is 37.5 Å². The van der Waals surface area contributed by atoms with Crippen LogP contribution in [0.2, 0.25) is 0 Å². The quantitative estimate of drug-likeness (QED) is 0.596. The molecule has 27 heavy (non-hydrogen) atoms. The average molecular weight is 369 g/mol.